The molecule has 24 heavy (non-hydrogen) atoms. The molecule has 1 aromatic rings. The van der Waals surface area contributed by atoms with Gasteiger partial charge in [-0.15, -0.1) is 0 Å². The van der Waals surface area contributed by atoms with Gasteiger partial charge in [0.15, 0.2) is 0 Å². The van der Waals surface area contributed by atoms with Gasteiger partial charge in [0.25, 0.3) is 0 Å². The molecule has 3 fully saturated rings. The van der Waals surface area contributed by atoms with Gasteiger partial charge in [0.1, 0.15) is 12.4 Å². The molecule has 130 valence electrons. The Hall–Kier alpha value is -1.46. The number of fused-ring (bicyclic) bond motifs is 5. The van der Waals surface area contributed by atoms with Crippen molar-refractivity contribution in [3.05, 3.63) is 23.2 Å². The number of methoxy groups -OCH3 is 1. The number of carbonyl (C=O) groups excluding carboxylic acids is 1. The molecule has 4 atom stereocenters. The lowest BCUT2D eigenvalue weighted by atomic mass is 10.0. The third-order valence-electron chi connectivity index (χ3n) is 5.77. The highest BCUT2D eigenvalue weighted by molar-refractivity contribution is 6.32. The fraction of sp³-hybridized carbons (Fsp3) is 0.611. The second-order valence-electron chi connectivity index (χ2n) is 7.10. The number of rotatable bonds is 6. The van der Waals surface area contributed by atoms with E-state index in [2.05, 4.69) is 10.6 Å². The van der Waals surface area contributed by atoms with Gasteiger partial charge < -0.3 is 20.1 Å². The van der Waals surface area contributed by atoms with Crippen LogP contribution in [0.1, 0.15) is 19.3 Å². The average Bonchev–Trinajstić information content (AvgIpc) is 2.93. The normalized spacial score (nSPS) is 32.3. The van der Waals surface area contributed by atoms with Crippen LogP contribution in [0.3, 0.4) is 0 Å². The van der Waals surface area contributed by atoms with E-state index in [9.17, 15) is 4.79 Å². The molecule has 3 aliphatic rings. The number of nitrogens with one attached hydrogen (secondary N) is 2. The van der Waals surface area contributed by atoms with Crippen molar-refractivity contribution in [2.24, 2.45) is 23.7 Å². The zero-order valence-electron chi connectivity index (χ0n) is 13.8. The van der Waals surface area contributed by atoms with Gasteiger partial charge >= 0.3 is 6.03 Å². The number of benzene rings is 1. The van der Waals surface area contributed by atoms with Gasteiger partial charge in [-0.05, 0) is 61.1 Å². The van der Waals surface area contributed by atoms with Crippen molar-refractivity contribution in [1.82, 2.24) is 5.32 Å². The van der Waals surface area contributed by atoms with Gasteiger partial charge in [-0.25, -0.2) is 4.79 Å². The molecule has 1 aromatic carbocycles. The zero-order valence-corrected chi connectivity index (χ0v) is 14.5. The van der Waals surface area contributed by atoms with Crippen LogP contribution in [-0.4, -0.2) is 32.4 Å². The molecule has 6 heteroatoms. The van der Waals surface area contributed by atoms with Gasteiger partial charge in [0.2, 0.25) is 0 Å². The van der Waals surface area contributed by atoms with Crippen LogP contribution in [0.25, 0.3) is 0 Å². The van der Waals surface area contributed by atoms with E-state index >= 15 is 0 Å². The number of hydrogen-bond donors (Lipinski definition) is 2. The van der Waals surface area contributed by atoms with E-state index in [1.807, 2.05) is 0 Å². The Morgan fingerprint density at radius 1 is 1.25 bits per heavy atom. The predicted octanol–water partition coefficient (Wildman–Crippen LogP) is 3.53. The quantitative estimate of drug-likeness (QED) is 0.771. The van der Waals surface area contributed by atoms with E-state index in [0.29, 0.717) is 35.7 Å². The largest absolute Gasteiger partial charge is 0.490 e. The number of hydrogen-bond acceptors (Lipinski definition) is 3. The number of carbonyl (C=O) groups is 1. The lowest BCUT2D eigenvalue weighted by Crippen LogP contribution is -2.33. The summed E-state index contributed by atoms with van der Waals surface area (Å²) in [7, 11) is 1.62. The molecule has 2 bridgehead atoms. The summed E-state index contributed by atoms with van der Waals surface area (Å²) < 4.78 is 10.4. The molecule has 0 saturated heterocycles. The fourth-order valence-corrected chi connectivity index (χ4v) is 5.00. The maximum atomic E-state index is 12.2. The molecule has 0 radical (unpaired) electrons. The molecule has 3 saturated carbocycles. The minimum absolute atomic E-state index is 0.141. The van der Waals surface area contributed by atoms with E-state index in [-0.39, 0.29) is 6.03 Å². The minimum atomic E-state index is -0.141. The first-order valence-electron chi connectivity index (χ1n) is 8.66. The van der Waals surface area contributed by atoms with Crippen molar-refractivity contribution < 1.29 is 14.3 Å². The highest BCUT2D eigenvalue weighted by Gasteiger charge is 2.65. The Balaban J connectivity index is 1.29. The molecule has 0 heterocycles. The van der Waals surface area contributed by atoms with Gasteiger partial charge in [-0.1, -0.05) is 11.6 Å². The number of amides is 2. The highest BCUT2D eigenvalue weighted by Crippen LogP contribution is 2.65. The van der Waals surface area contributed by atoms with Gasteiger partial charge in [-0.3, -0.25) is 0 Å². The standard InChI is InChI=1S/C18H23ClN2O3/c1-23-6-7-24-14-5-4-12(9-13(14)19)20-18(22)21-17-15-10-2-3-11(8-10)16(15)17/h4-5,9-11,15-17H,2-3,6-8H2,1H3,(H2,20,21,22)/t10-,11-,15-,16-/m0/s1. The topological polar surface area (TPSA) is 59.6 Å². The molecule has 0 unspecified atom stereocenters. The Morgan fingerprint density at radius 3 is 2.67 bits per heavy atom. The van der Waals surface area contributed by atoms with Crippen LogP contribution in [0.4, 0.5) is 10.5 Å². The van der Waals surface area contributed by atoms with E-state index in [0.717, 1.165) is 23.7 Å². The maximum Gasteiger partial charge on any atom is 0.319 e. The second kappa shape index (κ2) is 6.45. The molecule has 5 nitrogen and oxygen atoms in total. The SMILES string of the molecule is COCCOc1ccc(NC(=O)NC2[C@H]3[C@H]4CC[C@@H](C4)[C@H]23)cc1Cl. The van der Waals surface area contributed by atoms with Crippen molar-refractivity contribution >= 4 is 23.3 Å². The van der Waals surface area contributed by atoms with E-state index < -0.39 is 0 Å². The Kier molecular flexibility index (Phi) is 4.31. The van der Waals surface area contributed by atoms with Crippen LogP contribution >= 0.6 is 11.6 Å². The van der Waals surface area contributed by atoms with Crippen molar-refractivity contribution in [2.45, 2.75) is 25.3 Å². The minimum Gasteiger partial charge on any atom is -0.490 e. The number of urea groups is 1. The monoisotopic (exact) mass is 350 g/mol. The summed E-state index contributed by atoms with van der Waals surface area (Å²) in [6.45, 7) is 0.945. The summed E-state index contributed by atoms with van der Waals surface area (Å²) in [4.78, 5) is 12.2. The molecular weight excluding hydrogens is 328 g/mol. The van der Waals surface area contributed by atoms with Gasteiger partial charge in [-0.2, -0.15) is 0 Å². The fourth-order valence-electron chi connectivity index (χ4n) is 4.77. The molecular formula is C18H23ClN2O3. The van der Waals surface area contributed by atoms with Crippen molar-refractivity contribution in [3.8, 4) is 5.75 Å². The van der Waals surface area contributed by atoms with Crippen LogP contribution in [-0.2, 0) is 4.74 Å². The van der Waals surface area contributed by atoms with Crippen LogP contribution in [0.5, 0.6) is 5.75 Å². The first-order valence-corrected chi connectivity index (χ1v) is 9.04. The van der Waals surface area contributed by atoms with Crippen molar-refractivity contribution in [2.75, 3.05) is 25.6 Å². The van der Waals surface area contributed by atoms with Gasteiger partial charge in [0.05, 0.1) is 11.6 Å². The summed E-state index contributed by atoms with van der Waals surface area (Å²) >= 11 is 6.20. The van der Waals surface area contributed by atoms with Crippen molar-refractivity contribution in [1.29, 1.82) is 0 Å². The maximum absolute atomic E-state index is 12.2. The third kappa shape index (κ3) is 2.95. The van der Waals surface area contributed by atoms with E-state index in [1.54, 1.807) is 25.3 Å². The first-order chi connectivity index (χ1) is 11.7. The summed E-state index contributed by atoms with van der Waals surface area (Å²) in [5.41, 5.74) is 0.672. The van der Waals surface area contributed by atoms with E-state index in [4.69, 9.17) is 21.1 Å². The Labute approximate surface area is 147 Å². The van der Waals surface area contributed by atoms with Crippen molar-refractivity contribution in [3.63, 3.8) is 0 Å². The highest BCUT2D eigenvalue weighted by atomic mass is 35.5. The Bertz CT molecular complexity index is 623. The lowest BCUT2D eigenvalue weighted by molar-refractivity contribution is 0.146. The van der Waals surface area contributed by atoms with Crippen LogP contribution in [0.2, 0.25) is 5.02 Å². The zero-order chi connectivity index (χ0) is 16.7. The number of anilines is 1. The van der Waals surface area contributed by atoms with Crippen LogP contribution < -0.4 is 15.4 Å². The summed E-state index contributed by atoms with van der Waals surface area (Å²) in [5, 5.41) is 6.49. The number of ether oxygens (including phenoxy) is 2. The van der Waals surface area contributed by atoms with E-state index in [1.165, 1.54) is 19.3 Å². The Morgan fingerprint density at radius 2 is 2.00 bits per heavy atom. The smallest absolute Gasteiger partial charge is 0.319 e. The predicted molar refractivity (Wildman–Crippen MR) is 92.6 cm³/mol. The molecule has 4 rings (SSSR count). The summed E-state index contributed by atoms with van der Waals surface area (Å²) in [6.07, 6.45) is 4.09. The second-order valence-corrected chi connectivity index (χ2v) is 7.51. The first kappa shape index (κ1) is 16.0. The molecule has 3 aliphatic carbocycles. The molecule has 0 spiro atoms. The third-order valence-corrected chi connectivity index (χ3v) is 6.06. The lowest BCUT2D eigenvalue weighted by Gasteiger charge is -2.13. The molecule has 2 amide bonds. The molecule has 0 aromatic heterocycles. The number of halogens is 1. The molecule has 0 aliphatic heterocycles. The summed E-state index contributed by atoms with van der Waals surface area (Å²) in [5.74, 6) is 3.75. The van der Waals surface area contributed by atoms with Gasteiger partial charge in [0, 0.05) is 18.8 Å². The average molecular weight is 351 g/mol. The summed E-state index contributed by atoms with van der Waals surface area (Å²) in [6, 6.07) is 5.51. The van der Waals surface area contributed by atoms with Crippen LogP contribution in [0.15, 0.2) is 18.2 Å². The van der Waals surface area contributed by atoms with Crippen LogP contribution in [0, 0.1) is 23.7 Å². The molecule has 2 N–H and O–H groups in total.